The van der Waals surface area contributed by atoms with Crippen molar-refractivity contribution in [2.24, 2.45) is 0 Å². The Morgan fingerprint density at radius 1 is 1.40 bits per heavy atom. The lowest BCUT2D eigenvalue weighted by Gasteiger charge is -2.28. The summed E-state index contributed by atoms with van der Waals surface area (Å²) in [6.45, 7) is 0.229. The van der Waals surface area contributed by atoms with Crippen molar-refractivity contribution in [2.75, 3.05) is 0 Å². The molecule has 1 saturated carbocycles. The van der Waals surface area contributed by atoms with Gasteiger partial charge < -0.3 is 15.7 Å². The second-order valence-electron chi connectivity index (χ2n) is 5.02. The highest BCUT2D eigenvalue weighted by Gasteiger charge is 2.24. The van der Waals surface area contributed by atoms with Crippen LogP contribution in [0.4, 0.5) is 9.18 Å². The van der Waals surface area contributed by atoms with Crippen LogP contribution in [0.25, 0.3) is 0 Å². The van der Waals surface area contributed by atoms with Gasteiger partial charge in [0.05, 0.1) is 12.1 Å². The van der Waals surface area contributed by atoms with Gasteiger partial charge in [0.25, 0.3) is 0 Å². The Hall–Kier alpha value is -1.14. The Balaban J connectivity index is 1.84. The first-order chi connectivity index (χ1) is 9.56. The van der Waals surface area contributed by atoms with E-state index in [0.717, 1.165) is 30.2 Å². The summed E-state index contributed by atoms with van der Waals surface area (Å²) in [5.41, 5.74) is 0.671. The number of rotatable bonds is 3. The maximum Gasteiger partial charge on any atom is 0.315 e. The molecule has 0 spiro atoms. The number of amides is 2. The van der Waals surface area contributed by atoms with E-state index in [2.05, 4.69) is 26.6 Å². The normalized spacial score (nSPS) is 22.4. The van der Waals surface area contributed by atoms with Gasteiger partial charge in [0.15, 0.2) is 0 Å². The van der Waals surface area contributed by atoms with Gasteiger partial charge in [-0.3, -0.25) is 0 Å². The lowest BCUT2D eigenvalue weighted by Crippen LogP contribution is -2.48. The molecule has 3 N–H and O–H groups in total. The molecule has 0 bridgehead atoms. The first-order valence-corrected chi connectivity index (χ1v) is 7.52. The molecule has 2 atom stereocenters. The lowest BCUT2D eigenvalue weighted by molar-refractivity contribution is 0.0943. The smallest absolute Gasteiger partial charge is 0.315 e. The molecule has 0 heterocycles. The monoisotopic (exact) mass is 344 g/mol. The third kappa shape index (κ3) is 4.18. The minimum Gasteiger partial charge on any atom is -0.391 e. The molecular weight excluding hydrogens is 327 g/mol. The standard InChI is InChI=1S/C14H18BrFN2O2/c15-11-6-5-10(16)7-9(11)8-17-14(20)18-12-3-1-2-4-13(12)19/h5-7,12-13,19H,1-4,8H2,(H2,17,18,20). The van der Waals surface area contributed by atoms with Crippen molar-refractivity contribution in [1.29, 1.82) is 0 Å². The molecule has 0 saturated heterocycles. The summed E-state index contributed by atoms with van der Waals surface area (Å²) >= 11 is 3.31. The molecule has 2 amide bonds. The first-order valence-electron chi connectivity index (χ1n) is 6.72. The number of carbonyl (C=O) groups is 1. The second kappa shape index (κ2) is 7.04. The van der Waals surface area contributed by atoms with Crippen molar-refractivity contribution >= 4 is 22.0 Å². The zero-order valence-corrected chi connectivity index (χ0v) is 12.6. The zero-order chi connectivity index (χ0) is 14.5. The van der Waals surface area contributed by atoms with Crippen LogP contribution in [0.5, 0.6) is 0 Å². The van der Waals surface area contributed by atoms with Crippen LogP contribution < -0.4 is 10.6 Å². The average molecular weight is 345 g/mol. The Morgan fingerprint density at radius 3 is 2.90 bits per heavy atom. The van der Waals surface area contributed by atoms with Crippen LogP contribution in [-0.4, -0.2) is 23.3 Å². The molecule has 1 fully saturated rings. The van der Waals surface area contributed by atoms with Crippen molar-refractivity contribution in [2.45, 2.75) is 44.4 Å². The third-order valence-electron chi connectivity index (χ3n) is 3.49. The number of hydrogen-bond donors (Lipinski definition) is 3. The highest BCUT2D eigenvalue weighted by atomic mass is 79.9. The summed E-state index contributed by atoms with van der Waals surface area (Å²) < 4.78 is 13.9. The summed E-state index contributed by atoms with van der Waals surface area (Å²) in [5, 5.41) is 15.2. The van der Waals surface area contributed by atoms with Crippen LogP contribution in [0.2, 0.25) is 0 Å². The minimum atomic E-state index is -0.476. The third-order valence-corrected chi connectivity index (χ3v) is 4.27. The summed E-state index contributed by atoms with van der Waals surface area (Å²) in [7, 11) is 0. The van der Waals surface area contributed by atoms with E-state index in [1.165, 1.54) is 12.1 Å². The summed E-state index contributed by atoms with van der Waals surface area (Å²) in [4.78, 5) is 11.8. The first kappa shape index (κ1) is 15.3. The van der Waals surface area contributed by atoms with E-state index in [4.69, 9.17) is 0 Å². The maximum atomic E-state index is 13.1. The van der Waals surface area contributed by atoms with Crippen LogP contribution >= 0.6 is 15.9 Å². The molecule has 0 aliphatic heterocycles. The van der Waals surface area contributed by atoms with Gasteiger partial charge in [-0.1, -0.05) is 28.8 Å². The fourth-order valence-electron chi connectivity index (χ4n) is 2.35. The minimum absolute atomic E-state index is 0.195. The molecule has 0 radical (unpaired) electrons. The van der Waals surface area contributed by atoms with E-state index in [9.17, 15) is 14.3 Å². The maximum absolute atomic E-state index is 13.1. The van der Waals surface area contributed by atoms with Gasteiger partial charge in [-0.05, 0) is 36.6 Å². The number of benzene rings is 1. The van der Waals surface area contributed by atoms with Crippen molar-refractivity contribution in [3.8, 4) is 0 Å². The molecule has 20 heavy (non-hydrogen) atoms. The number of hydrogen-bond acceptors (Lipinski definition) is 2. The van der Waals surface area contributed by atoms with E-state index in [1.807, 2.05) is 0 Å². The number of aliphatic hydroxyl groups excluding tert-OH is 1. The molecule has 1 aromatic rings. The van der Waals surface area contributed by atoms with Gasteiger partial charge in [-0.25, -0.2) is 9.18 Å². The van der Waals surface area contributed by atoms with Gasteiger partial charge in [0.1, 0.15) is 5.82 Å². The Morgan fingerprint density at radius 2 is 2.15 bits per heavy atom. The van der Waals surface area contributed by atoms with Crippen LogP contribution in [0.15, 0.2) is 22.7 Å². The number of halogens is 2. The number of aliphatic hydroxyl groups is 1. The van der Waals surface area contributed by atoms with Gasteiger partial charge in [-0.2, -0.15) is 0 Å². The van der Waals surface area contributed by atoms with Gasteiger partial charge in [0, 0.05) is 11.0 Å². The number of nitrogens with one attached hydrogen (secondary N) is 2. The predicted octanol–water partition coefficient (Wildman–Crippen LogP) is 2.69. The van der Waals surface area contributed by atoms with Gasteiger partial charge in [0.2, 0.25) is 0 Å². The number of carbonyl (C=O) groups excluding carboxylic acids is 1. The molecule has 1 aliphatic carbocycles. The molecule has 110 valence electrons. The van der Waals surface area contributed by atoms with Crippen molar-refractivity contribution in [3.63, 3.8) is 0 Å². The summed E-state index contributed by atoms with van der Waals surface area (Å²) in [6, 6.07) is 3.80. The molecule has 1 aromatic carbocycles. The summed E-state index contributed by atoms with van der Waals surface area (Å²) in [6.07, 6.45) is 3.04. The highest BCUT2D eigenvalue weighted by molar-refractivity contribution is 9.10. The molecule has 6 heteroatoms. The van der Waals surface area contributed by atoms with Crippen molar-refractivity contribution in [3.05, 3.63) is 34.1 Å². The highest BCUT2D eigenvalue weighted by Crippen LogP contribution is 2.19. The quantitative estimate of drug-likeness (QED) is 0.789. The second-order valence-corrected chi connectivity index (χ2v) is 5.88. The molecule has 0 aromatic heterocycles. The van der Waals surface area contributed by atoms with E-state index < -0.39 is 6.10 Å². The number of urea groups is 1. The van der Waals surface area contributed by atoms with Crippen LogP contribution in [0.3, 0.4) is 0 Å². The van der Waals surface area contributed by atoms with E-state index in [-0.39, 0.29) is 24.4 Å². The average Bonchev–Trinajstić information content (AvgIpc) is 2.42. The van der Waals surface area contributed by atoms with E-state index in [1.54, 1.807) is 6.07 Å². The molecule has 1 aliphatic rings. The molecule has 2 rings (SSSR count). The van der Waals surface area contributed by atoms with Crippen molar-refractivity contribution < 1.29 is 14.3 Å². The Kier molecular flexibility index (Phi) is 5.37. The molecule has 4 nitrogen and oxygen atoms in total. The van der Waals surface area contributed by atoms with Gasteiger partial charge in [-0.15, -0.1) is 0 Å². The largest absolute Gasteiger partial charge is 0.391 e. The predicted molar refractivity (Wildman–Crippen MR) is 77.7 cm³/mol. The van der Waals surface area contributed by atoms with Crippen LogP contribution in [-0.2, 0) is 6.54 Å². The zero-order valence-electron chi connectivity index (χ0n) is 11.0. The Bertz CT molecular complexity index is 484. The van der Waals surface area contributed by atoms with Crippen LogP contribution in [0.1, 0.15) is 31.2 Å². The fourth-order valence-corrected chi connectivity index (χ4v) is 2.74. The van der Waals surface area contributed by atoms with E-state index >= 15 is 0 Å². The molecule has 2 unspecified atom stereocenters. The fraction of sp³-hybridized carbons (Fsp3) is 0.500. The van der Waals surface area contributed by atoms with Gasteiger partial charge >= 0.3 is 6.03 Å². The lowest BCUT2D eigenvalue weighted by atomic mass is 9.93. The van der Waals surface area contributed by atoms with Crippen LogP contribution in [0, 0.1) is 5.82 Å². The van der Waals surface area contributed by atoms with Crippen molar-refractivity contribution in [1.82, 2.24) is 10.6 Å². The van der Waals surface area contributed by atoms with E-state index in [0.29, 0.717) is 5.56 Å². The topological polar surface area (TPSA) is 61.4 Å². The summed E-state index contributed by atoms with van der Waals surface area (Å²) in [5.74, 6) is -0.340. The molecular formula is C14H18BrFN2O2. The Labute approximate surface area is 125 Å². The SMILES string of the molecule is O=C(NCc1cc(F)ccc1Br)NC1CCCCC1O.